The predicted molar refractivity (Wildman–Crippen MR) is 113 cm³/mol. The van der Waals surface area contributed by atoms with E-state index in [9.17, 15) is 9.59 Å². The Hall–Kier alpha value is -3.19. The molecule has 28 heavy (non-hydrogen) atoms. The van der Waals surface area contributed by atoms with Crippen LogP contribution < -0.4 is 10.9 Å². The topological polar surface area (TPSA) is 90.6 Å². The number of nitrogens with one attached hydrogen (secondary N) is 3. The standard InChI is InChI=1S/C21H20N4O2S/c1-4-15-11(2)9-14(19(26)23-15)20(27)25-21-24-17(10-28-21)18-12(3)22-16-8-6-5-7-13(16)18/h5-10,22H,4H2,1-3H3,(H,23,26)(H,24,25,27). The Balaban J connectivity index is 1.64. The third-order valence-electron chi connectivity index (χ3n) is 4.82. The van der Waals surface area contributed by atoms with Gasteiger partial charge in [-0.2, -0.15) is 0 Å². The van der Waals surface area contributed by atoms with Gasteiger partial charge in [0.05, 0.1) is 5.69 Å². The number of thiazole rings is 1. The molecule has 0 radical (unpaired) electrons. The fraction of sp³-hybridized carbons (Fsp3) is 0.190. The first-order chi connectivity index (χ1) is 13.5. The number of hydrogen-bond donors (Lipinski definition) is 3. The number of aromatic amines is 2. The van der Waals surface area contributed by atoms with Gasteiger partial charge in [0.2, 0.25) is 0 Å². The summed E-state index contributed by atoms with van der Waals surface area (Å²) in [5.74, 6) is -0.455. The molecule has 0 saturated heterocycles. The number of carbonyl (C=O) groups is 1. The summed E-state index contributed by atoms with van der Waals surface area (Å²) < 4.78 is 0. The van der Waals surface area contributed by atoms with E-state index < -0.39 is 5.91 Å². The minimum atomic E-state index is -0.455. The zero-order valence-corrected chi connectivity index (χ0v) is 16.7. The summed E-state index contributed by atoms with van der Waals surface area (Å²) in [6, 6.07) is 9.67. The van der Waals surface area contributed by atoms with Crippen molar-refractivity contribution in [3.05, 3.63) is 68.6 Å². The van der Waals surface area contributed by atoms with Gasteiger partial charge in [-0.05, 0) is 38.0 Å². The van der Waals surface area contributed by atoms with E-state index in [0.717, 1.165) is 39.1 Å². The Kier molecular flexibility index (Phi) is 4.60. The van der Waals surface area contributed by atoms with E-state index in [-0.39, 0.29) is 11.1 Å². The Morgan fingerprint density at radius 1 is 1.21 bits per heavy atom. The van der Waals surface area contributed by atoms with Crippen molar-refractivity contribution in [2.45, 2.75) is 27.2 Å². The largest absolute Gasteiger partial charge is 0.358 e. The molecule has 4 rings (SSSR count). The van der Waals surface area contributed by atoms with E-state index in [4.69, 9.17) is 0 Å². The summed E-state index contributed by atoms with van der Waals surface area (Å²) in [4.78, 5) is 35.5. The summed E-state index contributed by atoms with van der Waals surface area (Å²) in [7, 11) is 0. The van der Waals surface area contributed by atoms with Gasteiger partial charge in [-0.25, -0.2) is 4.98 Å². The summed E-state index contributed by atoms with van der Waals surface area (Å²) >= 11 is 1.34. The highest BCUT2D eigenvalue weighted by molar-refractivity contribution is 7.14. The lowest BCUT2D eigenvalue weighted by Crippen LogP contribution is -2.24. The molecule has 4 aromatic rings. The molecule has 0 aliphatic rings. The molecular formula is C21H20N4O2S. The summed E-state index contributed by atoms with van der Waals surface area (Å²) in [6.07, 6.45) is 0.711. The number of aryl methyl sites for hydroxylation is 3. The van der Waals surface area contributed by atoms with Gasteiger partial charge >= 0.3 is 0 Å². The molecule has 3 heterocycles. The molecule has 7 heteroatoms. The third kappa shape index (κ3) is 3.14. The molecule has 0 saturated carbocycles. The van der Waals surface area contributed by atoms with Crippen LogP contribution in [0.4, 0.5) is 5.13 Å². The highest BCUT2D eigenvalue weighted by Gasteiger charge is 2.17. The number of carbonyl (C=O) groups excluding carboxylic acids is 1. The smallest absolute Gasteiger partial charge is 0.263 e. The molecule has 1 aromatic carbocycles. The number of amides is 1. The van der Waals surface area contributed by atoms with E-state index in [1.807, 2.05) is 50.4 Å². The number of para-hydroxylation sites is 1. The van der Waals surface area contributed by atoms with Gasteiger partial charge in [-0.1, -0.05) is 25.1 Å². The minimum Gasteiger partial charge on any atom is -0.358 e. The number of rotatable bonds is 4. The quantitative estimate of drug-likeness (QED) is 0.480. The Labute approximate surface area is 165 Å². The second-order valence-electron chi connectivity index (χ2n) is 6.69. The minimum absolute atomic E-state index is 0.0923. The van der Waals surface area contributed by atoms with Gasteiger partial charge in [0.25, 0.3) is 11.5 Å². The van der Waals surface area contributed by atoms with Crippen molar-refractivity contribution in [1.29, 1.82) is 0 Å². The normalized spacial score (nSPS) is 11.1. The maximum Gasteiger partial charge on any atom is 0.263 e. The van der Waals surface area contributed by atoms with Crippen molar-refractivity contribution >= 4 is 33.3 Å². The van der Waals surface area contributed by atoms with E-state index in [0.29, 0.717) is 11.6 Å². The SMILES string of the molecule is CCc1[nH]c(=O)c(C(=O)Nc2nc(-c3c(C)[nH]c4ccccc34)cs2)cc1C. The number of H-pyrrole nitrogens is 2. The Morgan fingerprint density at radius 2 is 2.00 bits per heavy atom. The van der Waals surface area contributed by atoms with Crippen LogP contribution in [0.25, 0.3) is 22.2 Å². The van der Waals surface area contributed by atoms with Gasteiger partial charge in [0.15, 0.2) is 5.13 Å². The fourth-order valence-electron chi connectivity index (χ4n) is 3.43. The first-order valence-electron chi connectivity index (χ1n) is 9.05. The van der Waals surface area contributed by atoms with Crippen molar-refractivity contribution in [3.63, 3.8) is 0 Å². The third-order valence-corrected chi connectivity index (χ3v) is 5.58. The molecule has 0 bridgehead atoms. The summed E-state index contributed by atoms with van der Waals surface area (Å²) in [5.41, 5.74) is 5.32. The number of nitrogens with zero attached hydrogens (tertiary/aromatic N) is 1. The van der Waals surface area contributed by atoms with E-state index in [1.54, 1.807) is 6.07 Å². The first-order valence-corrected chi connectivity index (χ1v) is 9.93. The van der Waals surface area contributed by atoms with Crippen LogP contribution in [0.3, 0.4) is 0 Å². The first kappa shape index (κ1) is 18.2. The number of hydrogen-bond acceptors (Lipinski definition) is 4. The average Bonchev–Trinajstić information content (AvgIpc) is 3.25. The van der Waals surface area contributed by atoms with Crippen molar-refractivity contribution in [3.8, 4) is 11.3 Å². The highest BCUT2D eigenvalue weighted by Crippen LogP contribution is 2.33. The molecule has 0 spiro atoms. The molecule has 1 amide bonds. The number of benzene rings is 1. The second kappa shape index (κ2) is 7.09. The van der Waals surface area contributed by atoms with Crippen molar-refractivity contribution in [1.82, 2.24) is 15.0 Å². The van der Waals surface area contributed by atoms with Gasteiger partial charge in [0, 0.05) is 33.2 Å². The van der Waals surface area contributed by atoms with Crippen molar-refractivity contribution in [2.75, 3.05) is 5.32 Å². The van der Waals surface area contributed by atoms with Crippen molar-refractivity contribution in [2.24, 2.45) is 0 Å². The van der Waals surface area contributed by atoms with Crippen LogP contribution in [0.15, 0.2) is 40.5 Å². The molecule has 3 aromatic heterocycles. The predicted octanol–water partition coefficient (Wildman–Crippen LogP) is 4.41. The van der Waals surface area contributed by atoms with E-state index >= 15 is 0 Å². The number of fused-ring (bicyclic) bond motifs is 1. The monoisotopic (exact) mass is 392 g/mol. The molecule has 0 atom stereocenters. The average molecular weight is 392 g/mol. The zero-order valence-electron chi connectivity index (χ0n) is 15.8. The van der Waals surface area contributed by atoms with Crippen molar-refractivity contribution < 1.29 is 4.79 Å². The highest BCUT2D eigenvalue weighted by atomic mass is 32.1. The number of aromatic nitrogens is 3. The molecule has 3 N–H and O–H groups in total. The van der Waals surface area contributed by atoms with Crippen LogP contribution in [0, 0.1) is 13.8 Å². The molecule has 0 unspecified atom stereocenters. The number of anilines is 1. The second-order valence-corrected chi connectivity index (χ2v) is 7.55. The molecule has 0 aliphatic carbocycles. The molecular weight excluding hydrogens is 372 g/mol. The maximum absolute atomic E-state index is 12.6. The fourth-order valence-corrected chi connectivity index (χ4v) is 4.12. The summed E-state index contributed by atoms with van der Waals surface area (Å²) in [6.45, 7) is 5.85. The van der Waals surface area contributed by atoms with Crippen LogP contribution in [-0.2, 0) is 6.42 Å². The Morgan fingerprint density at radius 3 is 2.79 bits per heavy atom. The van der Waals surface area contributed by atoms with Crippen LogP contribution in [-0.4, -0.2) is 20.9 Å². The molecule has 0 fully saturated rings. The van der Waals surface area contributed by atoms with Crippen LogP contribution in [0.2, 0.25) is 0 Å². The molecule has 0 aliphatic heterocycles. The molecule has 6 nitrogen and oxygen atoms in total. The number of pyridine rings is 1. The maximum atomic E-state index is 12.6. The van der Waals surface area contributed by atoms with Crippen LogP contribution >= 0.6 is 11.3 Å². The van der Waals surface area contributed by atoms with Crippen LogP contribution in [0.5, 0.6) is 0 Å². The van der Waals surface area contributed by atoms with Gasteiger partial charge < -0.3 is 9.97 Å². The van der Waals surface area contributed by atoms with Gasteiger partial charge in [0.1, 0.15) is 5.56 Å². The lowest BCUT2D eigenvalue weighted by atomic mass is 10.1. The van der Waals surface area contributed by atoms with Gasteiger partial charge in [-0.15, -0.1) is 11.3 Å². The van der Waals surface area contributed by atoms with Crippen LogP contribution in [0.1, 0.15) is 34.2 Å². The summed E-state index contributed by atoms with van der Waals surface area (Å²) in [5, 5.41) is 6.21. The lowest BCUT2D eigenvalue weighted by Gasteiger charge is -2.06. The Bertz CT molecular complexity index is 1250. The zero-order chi connectivity index (χ0) is 19.8. The van der Waals surface area contributed by atoms with Gasteiger partial charge in [-0.3, -0.25) is 14.9 Å². The lowest BCUT2D eigenvalue weighted by molar-refractivity contribution is 0.102. The van der Waals surface area contributed by atoms with E-state index in [2.05, 4.69) is 20.3 Å². The van der Waals surface area contributed by atoms with E-state index in [1.165, 1.54) is 11.3 Å². The molecule has 142 valence electrons.